The van der Waals surface area contributed by atoms with Gasteiger partial charge in [0.1, 0.15) is 5.60 Å². The van der Waals surface area contributed by atoms with Crippen LogP contribution in [-0.4, -0.2) is 55.9 Å². The molecule has 0 atom stereocenters. The Bertz CT molecular complexity index is 225. The smallest absolute Gasteiger partial charge is 0.410 e. The second-order valence-corrected chi connectivity index (χ2v) is 4.97. The molecule has 0 aliphatic carbocycles. The molecule has 1 saturated heterocycles. The number of rotatable bonds is 0. The van der Waals surface area contributed by atoms with Gasteiger partial charge >= 0.3 is 6.09 Å². The summed E-state index contributed by atoms with van der Waals surface area (Å²) in [5, 5.41) is 6.53. The van der Waals surface area contributed by atoms with E-state index in [1.807, 2.05) is 20.8 Å². The van der Waals surface area contributed by atoms with Gasteiger partial charge < -0.3 is 20.3 Å². The van der Waals surface area contributed by atoms with E-state index in [4.69, 9.17) is 4.74 Å². The maximum atomic E-state index is 11.8. The van der Waals surface area contributed by atoms with Crippen LogP contribution in [0.5, 0.6) is 0 Å². The van der Waals surface area contributed by atoms with Gasteiger partial charge in [-0.25, -0.2) is 4.79 Å². The molecule has 0 saturated carbocycles. The molecule has 1 rings (SSSR count). The van der Waals surface area contributed by atoms with Crippen molar-refractivity contribution in [3.05, 3.63) is 0 Å². The van der Waals surface area contributed by atoms with Crippen LogP contribution in [0.25, 0.3) is 0 Å². The van der Waals surface area contributed by atoms with Gasteiger partial charge in [-0.05, 0) is 20.8 Å². The first-order valence-electron chi connectivity index (χ1n) is 5.88. The quantitative estimate of drug-likeness (QED) is 0.707. The van der Waals surface area contributed by atoms with Gasteiger partial charge in [-0.15, -0.1) is 24.8 Å². The first-order chi connectivity index (χ1) is 7.49. The Hall–Kier alpha value is -0.230. The van der Waals surface area contributed by atoms with Gasteiger partial charge in [-0.2, -0.15) is 0 Å². The first-order valence-corrected chi connectivity index (χ1v) is 5.88. The van der Waals surface area contributed by atoms with E-state index in [1.54, 1.807) is 4.90 Å². The lowest BCUT2D eigenvalue weighted by molar-refractivity contribution is 0.0257. The van der Waals surface area contributed by atoms with Crippen molar-refractivity contribution in [3.63, 3.8) is 0 Å². The average molecular weight is 302 g/mol. The molecule has 0 aromatic carbocycles. The standard InChI is InChI=1S/C11H23N3O2.2ClH/c1-11(2,3)16-10(15)14-8-6-12-4-5-13-7-9-14;;/h12-13H,4-9H2,1-3H3;2*1H. The lowest BCUT2D eigenvalue weighted by atomic mass is 10.2. The molecule has 1 fully saturated rings. The number of ether oxygens (including phenoxy) is 1. The van der Waals surface area contributed by atoms with Crippen LogP contribution in [0.3, 0.4) is 0 Å². The number of amides is 1. The predicted octanol–water partition coefficient (Wildman–Crippen LogP) is 1.26. The molecule has 7 heteroatoms. The highest BCUT2D eigenvalue weighted by atomic mass is 35.5. The van der Waals surface area contributed by atoms with Gasteiger partial charge in [0.15, 0.2) is 0 Å². The molecule has 5 nitrogen and oxygen atoms in total. The largest absolute Gasteiger partial charge is 0.444 e. The van der Waals surface area contributed by atoms with E-state index in [0.29, 0.717) is 13.1 Å². The summed E-state index contributed by atoms with van der Waals surface area (Å²) in [6, 6.07) is 0. The van der Waals surface area contributed by atoms with Gasteiger partial charge in [-0.3, -0.25) is 0 Å². The monoisotopic (exact) mass is 301 g/mol. The Balaban J connectivity index is 0. The summed E-state index contributed by atoms with van der Waals surface area (Å²) in [4.78, 5) is 13.6. The van der Waals surface area contributed by atoms with Crippen molar-refractivity contribution in [2.45, 2.75) is 26.4 Å². The van der Waals surface area contributed by atoms with Crippen LogP contribution in [0.1, 0.15) is 20.8 Å². The molecule has 1 aliphatic rings. The molecular formula is C11H25Cl2N3O2. The molecule has 0 unspecified atom stereocenters. The maximum absolute atomic E-state index is 11.8. The van der Waals surface area contributed by atoms with Crippen molar-refractivity contribution in [1.29, 1.82) is 0 Å². The van der Waals surface area contributed by atoms with Crippen molar-refractivity contribution in [2.24, 2.45) is 0 Å². The van der Waals surface area contributed by atoms with Gasteiger partial charge in [0.05, 0.1) is 0 Å². The number of nitrogens with zero attached hydrogens (tertiary/aromatic N) is 1. The Kier molecular flexibility index (Phi) is 10.8. The lowest BCUT2D eigenvalue weighted by Crippen LogP contribution is -2.42. The Labute approximate surface area is 122 Å². The fourth-order valence-corrected chi connectivity index (χ4v) is 1.48. The summed E-state index contributed by atoms with van der Waals surface area (Å²) in [7, 11) is 0. The summed E-state index contributed by atoms with van der Waals surface area (Å²) in [5.74, 6) is 0. The second-order valence-electron chi connectivity index (χ2n) is 4.97. The highest BCUT2D eigenvalue weighted by Crippen LogP contribution is 2.09. The topological polar surface area (TPSA) is 53.6 Å². The zero-order valence-corrected chi connectivity index (χ0v) is 13.0. The number of hydrogen-bond donors (Lipinski definition) is 2. The fourth-order valence-electron chi connectivity index (χ4n) is 1.48. The van der Waals surface area contributed by atoms with Gasteiger partial charge in [0, 0.05) is 39.3 Å². The molecule has 110 valence electrons. The minimum atomic E-state index is -0.420. The Morgan fingerprint density at radius 3 is 1.83 bits per heavy atom. The summed E-state index contributed by atoms with van der Waals surface area (Å²) < 4.78 is 5.35. The number of nitrogens with one attached hydrogen (secondary N) is 2. The summed E-state index contributed by atoms with van der Waals surface area (Å²) >= 11 is 0. The molecule has 0 radical (unpaired) electrons. The molecule has 0 spiro atoms. The van der Waals surface area contributed by atoms with E-state index in [-0.39, 0.29) is 30.9 Å². The number of hydrogen-bond acceptors (Lipinski definition) is 4. The average Bonchev–Trinajstić information content (AvgIpc) is 2.27. The third-order valence-electron chi connectivity index (χ3n) is 2.25. The van der Waals surface area contributed by atoms with Crippen LogP contribution in [0.15, 0.2) is 0 Å². The van der Waals surface area contributed by atoms with Crippen LogP contribution < -0.4 is 10.6 Å². The third kappa shape index (κ3) is 8.80. The van der Waals surface area contributed by atoms with Crippen molar-refractivity contribution in [2.75, 3.05) is 39.3 Å². The number of halogens is 2. The normalized spacial score (nSPS) is 17.4. The van der Waals surface area contributed by atoms with E-state index in [9.17, 15) is 4.79 Å². The van der Waals surface area contributed by atoms with E-state index < -0.39 is 5.60 Å². The zero-order chi connectivity index (χ0) is 12.0. The van der Waals surface area contributed by atoms with Crippen LogP contribution in [0, 0.1) is 0 Å². The summed E-state index contributed by atoms with van der Waals surface area (Å²) in [6.07, 6.45) is -0.224. The lowest BCUT2D eigenvalue weighted by Gasteiger charge is -2.27. The van der Waals surface area contributed by atoms with Crippen molar-refractivity contribution in [3.8, 4) is 0 Å². The minimum absolute atomic E-state index is 0. The highest BCUT2D eigenvalue weighted by Gasteiger charge is 2.21. The van der Waals surface area contributed by atoms with Crippen molar-refractivity contribution < 1.29 is 9.53 Å². The Morgan fingerprint density at radius 2 is 1.44 bits per heavy atom. The second kappa shape index (κ2) is 9.67. The van der Waals surface area contributed by atoms with E-state index in [1.165, 1.54) is 0 Å². The molecule has 0 aromatic heterocycles. The minimum Gasteiger partial charge on any atom is -0.444 e. The number of carbonyl (C=O) groups excluding carboxylic acids is 1. The van der Waals surface area contributed by atoms with Gasteiger partial charge in [-0.1, -0.05) is 0 Å². The molecule has 1 amide bonds. The summed E-state index contributed by atoms with van der Waals surface area (Å²) in [5.41, 5.74) is -0.420. The summed E-state index contributed by atoms with van der Waals surface area (Å²) in [6.45, 7) is 10.6. The fraction of sp³-hybridized carbons (Fsp3) is 0.909. The molecule has 0 aromatic rings. The first kappa shape index (κ1) is 20.1. The predicted molar refractivity (Wildman–Crippen MR) is 78.0 cm³/mol. The molecular weight excluding hydrogens is 277 g/mol. The van der Waals surface area contributed by atoms with Crippen molar-refractivity contribution >= 4 is 30.9 Å². The highest BCUT2D eigenvalue weighted by molar-refractivity contribution is 5.85. The van der Waals surface area contributed by atoms with Crippen LogP contribution in [0.4, 0.5) is 4.79 Å². The van der Waals surface area contributed by atoms with E-state index in [0.717, 1.165) is 26.2 Å². The third-order valence-corrected chi connectivity index (χ3v) is 2.25. The van der Waals surface area contributed by atoms with E-state index >= 15 is 0 Å². The molecule has 0 bridgehead atoms. The van der Waals surface area contributed by atoms with Crippen LogP contribution in [0.2, 0.25) is 0 Å². The molecule has 18 heavy (non-hydrogen) atoms. The molecule has 1 aliphatic heterocycles. The SMILES string of the molecule is CC(C)(C)OC(=O)N1CCNCCNCC1.Cl.Cl. The molecule has 1 heterocycles. The van der Waals surface area contributed by atoms with Gasteiger partial charge in [0.25, 0.3) is 0 Å². The van der Waals surface area contributed by atoms with E-state index in [2.05, 4.69) is 10.6 Å². The van der Waals surface area contributed by atoms with Crippen LogP contribution in [-0.2, 0) is 4.74 Å². The molecule has 2 N–H and O–H groups in total. The number of carbonyl (C=O) groups is 1. The van der Waals surface area contributed by atoms with Crippen molar-refractivity contribution in [1.82, 2.24) is 15.5 Å². The zero-order valence-electron chi connectivity index (χ0n) is 11.3. The maximum Gasteiger partial charge on any atom is 0.410 e. The van der Waals surface area contributed by atoms with Gasteiger partial charge in [0.2, 0.25) is 0 Å². The van der Waals surface area contributed by atoms with Crippen LogP contribution >= 0.6 is 24.8 Å². The Morgan fingerprint density at radius 1 is 1.00 bits per heavy atom.